The number of hydrogen-bond acceptors (Lipinski definition) is 6. The molecule has 1 aromatic rings. The fourth-order valence-corrected chi connectivity index (χ4v) is 4.13. The highest BCUT2D eigenvalue weighted by molar-refractivity contribution is 8.26. The molecule has 0 aliphatic carbocycles. The zero-order valence-electron chi connectivity index (χ0n) is 14.3. The summed E-state index contributed by atoms with van der Waals surface area (Å²) in [5.41, 5.74) is 0.967. The van der Waals surface area contributed by atoms with E-state index in [-0.39, 0.29) is 5.91 Å². The van der Waals surface area contributed by atoms with Crippen LogP contribution >= 0.6 is 24.0 Å². The molecular weight excluding hydrogens is 356 g/mol. The minimum atomic E-state index is 0.00722. The third-order valence-electron chi connectivity index (χ3n) is 4.25. The van der Waals surface area contributed by atoms with E-state index >= 15 is 0 Å². The molecule has 2 saturated heterocycles. The van der Waals surface area contributed by atoms with Crippen molar-refractivity contribution in [2.75, 3.05) is 46.5 Å². The number of thiocarbonyl (C=S) groups is 1. The van der Waals surface area contributed by atoms with Gasteiger partial charge in [0.25, 0.3) is 5.91 Å². The van der Waals surface area contributed by atoms with Gasteiger partial charge in [-0.15, -0.1) is 0 Å². The van der Waals surface area contributed by atoms with Crippen LogP contribution in [0.2, 0.25) is 0 Å². The minimum Gasteiger partial charge on any atom is -0.497 e. The van der Waals surface area contributed by atoms with Crippen molar-refractivity contribution in [3.05, 3.63) is 34.7 Å². The van der Waals surface area contributed by atoms with Crippen molar-refractivity contribution < 1.29 is 14.3 Å². The van der Waals surface area contributed by atoms with Gasteiger partial charge in [-0.3, -0.25) is 14.6 Å². The second-order valence-electron chi connectivity index (χ2n) is 5.91. The van der Waals surface area contributed by atoms with Gasteiger partial charge in [-0.1, -0.05) is 36.1 Å². The molecule has 0 radical (unpaired) electrons. The van der Waals surface area contributed by atoms with Crippen molar-refractivity contribution >= 4 is 40.3 Å². The molecule has 0 N–H and O–H groups in total. The average Bonchev–Trinajstić information content (AvgIpc) is 2.90. The third-order valence-corrected chi connectivity index (χ3v) is 5.62. The van der Waals surface area contributed by atoms with E-state index < -0.39 is 0 Å². The van der Waals surface area contributed by atoms with Gasteiger partial charge in [-0.05, 0) is 30.2 Å². The number of carbonyl (C=O) groups excluding carboxylic acids is 1. The van der Waals surface area contributed by atoms with E-state index in [1.54, 1.807) is 12.0 Å². The number of benzene rings is 1. The summed E-state index contributed by atoms with van der Waals surface area (Å²) in [5.74, 6) is 0.806. The Morgan fingerprint density at radius 1 is 1.24 bits per heavy atom. The lowest BCUT2D eigenvalue weighted by Crippen LogP contribution is -2.38. The second kappa shape index (κ2) is 8.80. The molecule has 7 heteroatoms. The van der Waals surface area contributed by atoms with Crippen molar-refractivity contribution in [1.29, 1.82) is 0 Å². The number of methoxy groups -OCH3 is 1. The van der Waals surface area contributed by atoms with Crippen LogP contribution in [0.25, 0.3) is 6.08 Å². The predicted molar refractivity (Wildman–Crippen MR) is 105 cm³/mol. The molecule has 25 heavy (non-hydrogen) atoms. The van der Waals surface area contributed by atoms with Crippen molar-refractivity contribution in [1.82, 2.24) is 9.80 Å². The van der Waals surface area contributed by atoms with Crippen molar-refractivity contribution in [3.63, 3.8) is 0 Å². The Labute approximate surface area is 157 Å². The number of amides is 1. The first kappa shape index (κ1) is 18.4. The van der Waals surface area contributed by atoms with E-state index in [9.17, 15) is 4.79 Å². The zero-order valence-corrected chi connectivity index (χ0v) is 15.9. The van der Waals surface area contributed by atoms with E-state index in [0.717, 1.165) is 50.6 Å². The van der Waals surface area contributed by atoms with Crippen LogP contribution in [0.1, 0.15) is 12.0 Å². The number of ether oxygens (including phenoxy) is 2. The lowest BCUT2D eigenvalue weighted by Gasteiger charge is -2.27. The minimum absolute atomic E-state index is 0.00722. The van der Waals surface area contributed by atoms with Gasteiger partial charge in [0.2, 0.25) is 0 Å². The summed E-state index contributed by atoms with van der Waals surface area (Å²) < 4.78 is 11.2. The fraction of sp³-hybridized carbons (Fsp3) is 0.444. The summed E-state index contributed by atoms with van der Waals surface area (Å²) in [6, 6.07) is 7.64. The first-order valence-electron chi connectivity index (χ1n) is 8.37. The Balaban J connectivity index is 1.56. The first-order valence-corrected chi connectivity index (χ1v) is 9.59. The Bertz CT molecular complexity index is 655. The molecule has 2 fully saturated rings. The average molecular weight is 379 g/mol. The first-order chi connectivity index (χ1) is 12.2. The van der Waals surface area contributed by atoms with Gasteiger partial charge in [0, 0.05) is 26.2 Å². The van der Waals surface area contributed by atoms with Gasteiger partial charge in [0.15, 0.2) is 0 Å². The van der Waals surface area contributed by atoms with Crippen LogP contribution < -0.4 is 4.74 Å². The maximum Gasteiger partial charge on any atom is 0.266 e. The van der Waals surface area contributed by atoms with Gasteiger partial charge >= 0.3 is 0 Å². The van der Waals surface area contributed by atoms with Gasteiger partial charge < -0.3 is 9.47 Å². The van der Waals surface area contributed by atoms with Gasteiger partial charge in [0.1, 0.15) is 10.1 Å². The predicted octanol–water partition coefficient (Wildman–Crippen LogP) is 2.62. The summed E-state index contributed by atoms with van der Waals surface area (Å²) >= 11 is 6.77. The number of hydrogen-bond donors (Lipinski definition) is 0. The summed E-state index contributed by atoms with van der Waals surface area (Å²) in [6.07, 6.45) is 2.81. The molecule has 0 bridgehead atoms. The smallest absolute Gasteiger partial charge is 0.266 e. The molecule has 0 aromatic heterocycles. The van der Waals surface area contributed by atoms with E-state index in [1.807, 2.05) is 30.3 Å². The van der Waals surface area contributed by atoms with Gasteiger partial charge in [-0.25, -0.2) is 0 Å². The number of carbonyl (C=O) groups is 1. The molecule has 2 heterocycles. The van der Waals surface area contributed by atoms with E-state index in [4.69, 9.17) is 21.7 Å². The molecule has 0 saturated carbocycles. The SMILES string of the molecule is COc1ccc(C=C2SC(=S)N(CCCN3CCOCC3)C2=O)cc1. The Morgan fingerprint density at radius 2 is 1.96 bits per heavy atom. The molecular formula is C18H22N2O3S2. The van der Waals surface area contributed by atoms with Gasteiger partial charge in [-0.2, -0.15) is 0 Å². The molecule has 3 rings (SSSR count). The van der Waals surface area contributed by atoms with Crippen LogP contribution in [-0.4, -0.2) is 66.5 Å². The van der Waals surface area contributed by atoms with Crippen LogP contribution in [0.15, 0.2) is 29.2 Å². The lowest BCUT2D eigenvalue weighted by atomic mass is 10.2. The zero-order chi connectivity index (χ0) is 17.6. The maximum atomic E-state index is 12.6. The fourth-order valence-electron chi connectivity index (χ4n) is 2.82. The Morgan fingerprint density at radius 3 is 2.64 bits per heavy atom. The normalized spacial score (nSPS) is 20.5. The number of morpholine rings is 1. The molecule has 134 valence electrons. The van der Waals surface area contributed by atoms with E-state index in [1.165, 1.54) is 11.8 Å². The molecule has 0 spiro atoms. The van der Waals surface area contributed by atoms with Crippen molar-refractivity contribution in [2.45, 2.75) is 6.42 Å². The number of rotatable bonds is 6. The van der Waals surface area contributed by atoms with Gasteiger partial charge in [0.05, 0.1) is 25.2 Å². The number of nitrogens with zero attached hydrogens (tertiary/aromatic N) is 2. The highest BCUT2D eigenvalue weighted by Gasteiger charge is 2.31. The summed E-state index contributed by atoms with van der Waals surface area (Å²) in [5, 5.41) is 0. The largest absolute Gasteiger partial charge is 0.497 e. The summed E-state index contributed by atoms with van der Waals surface area (Å²) in [6.45, 7) is 5.17. The van der Waals surface area contributed by atoms with Crippen LogP contribution in [0.3, 0.4) is 0 Å². The molecule has 0 atom stereocenters. The molecule has 0 unspecified atom stereocenters. The quantitative estimate of drug-likeness (QED) is 0.560. The molecule has 2 aliphatic rings. The van der Waals surface area contributed by atoms with Crippen LogP contribution in [0.5, 0.6) is 5.75 Å². The highest BCUT2D eigenvalue weighted by Crippen LogP contribution is 2.32. The van der Waals surface area contributed by atoms with Crippen LogP contribution in [-0.2, 0) is 9.53 Å². The lowest BCUT2D eigenvalue weighted by molar-refractivity contribution is -0.122. The van der Waals surface area contributed by atoms with E-state index in [2.05, 4.69) is 4.90 Å². The molecule has 2 aliphatic heterocycles. The van der Waals surface area contributed by atoms with Crippen LogP contribution in [0.4, 0.5) is 0 Å². The summed E-state index contributed by atoms with van der Waals surface area (Å²) in [7, 11) is 1.64. The monoisotopic (exact) mass is 378 g/mol. The maximum absolute atomic E-state index is 12.6. The second-order valence-corrected chi connectivity index (χ2v) is 7.59. The number of thioether (sulfide) groups is 1. The standard InChI is InChI=1S/C18H22N2O3S2/c1-22-15-5-3-14(4-6-15)13-16-17(21)20(18(24)25-16)8-2-7-19-9-11-23-12-10-19/h3-6,13H,2,7-12H2,1H3. The van der Waals surface area contributed by atoms with E-state index in [0.29, 0.717) is 15.8 Å². The Kier molecular flexibility index (Phi) is 6.47. The highest BCUT2D eigenvalue weighted by atomic mass is 32.2. The molecule has 1 amide bonds. The topological polar surface area (TPSA) is 42.0 Å². The van der Waals surface area contributed by atoms with Crippen molar-refractivity contribution in [3.8, 4) is 5.75 Å². The van der Waals surface area contributed by atoms with Crippen LogP contribution in [0, 0.1) is 0 Å². The molecule has 5 nitrogen and oxygen atoms in total. The Hall–Kier alpha value is -1.41. The summed E-state index contributed by atoms with van der Waals surface area (Å²) in [4.78, 5) is 17.4. The van der Waals surface area contributed by atoms with Crippen molar-refractivity contribution in [2.24, 2.45) is 0 Å². The third kappa shape index (κ3) is 4.82. The molecule has 1 aromatic carbocycles.